The van der Waals surface area contributed by atoms with E-state index >= 15 is 0 Å². The number of nitrogens with one attached hydrogen (secondary N) is 1. The van der Waals surface area contributed by atoms with Crippen LogP contribution in [0.2, 0.25) is 0 Å². The summed E-state index contributed by atoms with van der Waals surface area (Å²) in [6, 6.07) is 13.4. The van der Waals surface area contributed by atoms with E-state index in [4.69, 9.17) is 0 Å². The summed E-state index contributed by atoms with van der Waals surface area (Å²) in [4.78, 5) is 1.35. The fourth-order valence-corrected chi connectivity index (χ4v) is 3.35. The highest BCUT2D eigenvalue weighted by Crippen LogP contribution is 2.33. The predicted molar refractivity (Wildman–Crippen MR) is 76.9 cm³/mol. The first-order valence-corrected chi connectivity index (χ1v) is 7.48. The molecule has 2 aromatic rings. The number of hydrogen-bond donors (Lipinski definition) is 1. The molecule has 3 heteroatoms. The van der Waals surface area contributed by atoms with Crippen LogP contribution in [-0.4, -0.2) is 6.04 Å². The third kappa shape index (κ3) is 3.87. The molecule has 1 nitrogen and oxygen atoms in total. The molecule has 0 fully saturated rings. The minimum Gasteiger partial charge on any atom is -0.310 e. The van der Waals surface area contributed by atoms with E-state index in [2.05, 4.69) is 60.9 Å². The fourth-order valence-electron chi connectivity index (χ4n) is 1.49. The standard InChI is InChI=1S/C14H17NS2/c1-11(2)15-10-12-6-3-4-7-13(12)17-14-8-5-9-16-14/h3-9,11,15H,10H2,1-2H3. The van der Waals surface area contributed by atoms with Crippen LogP contribution < -0.4 is 5.32 Å². The Labute approximate surface area is 111 Å². The van der Waals surface area contributed by atoms with E-state index in [0.717, 1.165) is 6.54 Å². The first-order valence-electron chi connectivity index (χ1n) is 5.78. The molecule has 1 heterocycles. The Balaban J connectivity index is 2.10. The predicted octanol–water partition coefficient (Wildman–Crippen LogP) is 4.40. The first-order chi connectivity index (χ1) is 8.25. The van der Waals surface area contributed by atoms with E-state index in [-0.39, 0.29) is 0 Å². The highest BCUT2D eigenvalue weighted by atomic mass is 32.2. The molecular formula is C14H17NS2. The number of hydrogen-bond acceptors (Lipinski definition) is 3. The molecule has 1 N–H and O–H groups in total. The van der Waals surface area contributed by atoms with Crippen molar-refractivity contribution in [1.82, 2.24) is 5.32 Å². The summed E-state index contributed by atoms with van der Waals surface area (Å²) in [6.07, 6.45) is 0. The molecule has 0 saturated carbocycles. The van der Waals surface area contributed by atoms with Gasteiger partial charge < -0.3 is 5.32 Å². The van der Waals surface area contributed by atoms with Gasteiger partial charge in [-0.15, -0.1) is 11.3 Å². The highest BCUT2D eigenvalue weighted by Gasteiger charge is 2.04. The Hall–Kier alpha value is -0.770. The summed E-state index contributed by atoms with van der Waals surface area (Å²) in [5.41, 5.74) is 1.37. The molecule has 0 bridgehead atoms. The van der Waals surface area contributed by atoms with Gasteiger partial charge in [-0.25, -0.2) is 0 Å². The molecule has 1 aromatic carbocycles. The minimum atomic E-state index is 0.523. The lowest BCUT2D eigenvalue weighted by Crippen LogP contribution is -2.22. The van der Waals surface area contributed by atoms with Crippen molar-refractivity contribution in [3.8, 4) is 0 Å². The van der Waals surface area contributed by atoms with E-state index in [9.17, 15) is 0 Å². The SMILES string of the molecule is CC(C)NCc1ccccc1Sc1cccs1. The maximum absolute atomic E-state index is 3.47. The zero-order valence-electron chi connectivity index (χ0n) is 10.1. The maximum Gasteiger partial charge on any atom is 0.0646 e. The Kier molecular flexibility index (Phi) is 4.66. The second-order valence-corrected chi connectivity index (χ2v) is 6.47. The summed E-state index contributed by atoms with van der Waals surface area (Å²) in [7, 11) is 0. The summed E-state index contributed by atoms with van der Waals surface area (Å²) in [6.45, 7) is 5.29. The number of thiophene rings is 1. The van der Waals surface area contributed by atoms with Gasteiger partial charge in [-0.3, -0.25) is 0 Å². The van der Waals surface area contributed by atoms with Gasteiger partial charge in [-0.2, -0.15) is 0 Å². The van der Waals surface area contributed by atoms with Crippen molar-refractivity contribution in [2.45, 2.75) is 35.5 Å². The highest BCUT2D eigenvalue weighted by molar-refractivity contribution is 8.01. The summed E-state index contributed by atoms with van der Waals surface area (Å²) < 4.78 is 1.35. The molecule has 90 valence electrons. The third-order valence-electron chi connectivity index (χ3n) is 2.38. The van der Waals surface area contributed by atoms with Crippen LogP contribution >= 0.6 is 23.1 Å². The van der Waals surface area contributed by atoms with Crippen LogP contribution in [0.15, 0.2) is 50.9 Å². The lowest BCUT2D eigenvalue weighted by atomic mass is 10.2. The Morgan fingerprint density at radius 2 is 2.00 bits per heavy atom. The molecule has 0 aliphatic heterocycles. The lowest BCUT2D eigenvalue weighted by Gasteiger charge is -2.11. The van der Waals surface area contributed by atoms with E-state index in [1.807, 2.05) is 11.8 Å². The van der Waals surface area contributed by atoms with E-state index in [1.165, 1.54) is 14.7 Å². The Morgan fingerprint density at radius 3 is 2.71 bits per heavy atom. The van der Waals surface area contributed by atoms with Crippen LogP contribution in [0.3, 0.4) is 0 Å². The average Bonchev–Trinajstić information content (AvgIpc) is 2.80. The van der Waals surface area contributed by atoms with Crippen molar-refractivity contribution >= 4 is 23.1 Å². The van der Waals surface area contributed by atoms with Gasteiger partial charge in [0.2, 0.25) is 0 Å². The lowest BCUT2D eigenvalue weighted by molar-refractivity contribution is 0.585. The van der Waals surface area contributed by atoms with Crippen molar-refractivity contribution < 1.29 is 0 Å². The molecule has 0 atom stereocenters. The van der Waals surface area contributed by atoms with Crippen LogP contribution in [-0.2, 0) is 6.54 Å². The summed E-state index contributed by atoms with van der Waals surface area (Å²) in [5, 5.41) is 5.59. The van der Waals surface area contributed by atoms with Crippen molar-refractivity contribution in [1.29, 1.82) is 0 Å². The van der Waals surface area contributed by atoms with Crippen LogP contribution in [0.1, 0.15) is 19.4 Å². The van der Waals surface area contributed by atoms with Gasteiger partial charge in [0.1, 0.15) is 0 Å². The summed E-state index contributed by atoms with van der Waals surface area (Å²) >= 11 is 3.64. The number of rotatable bonds is 5. The van der Waals surface area contributed by atoms with Crippen molar-refractivity contribution in [2.75, 3.05) is 0 Å². The van der Waals surface area contributed by atoms with Gasteiger partial charge in [0.05, 0.1) is 4.21 Å². The average molecular weight is 263 g/mol. The van der Waals surface area contributed by atoms with E-state index in [0.29, 0.717) is 6.04 Å². The fraction of sp³-hybridized carbons (Fsp3) is 0.286. The molecule has 17 heavy (non-hydrogen) atoms. The monoisotopic (exact) mass is 263 g/mol. The largest absolute Gasteiger partial charge is 0.310 e. The zero-order chi connectivity index (χ0) is 12.1. The topological polar surface area (TPSA) is 12.0 Å². The van der Waals surface area contributed by atoms with Gasteiger partial charge in [0, 0.05) is 17.5 Å². The van der Waals surface area contributed by atoms with Crippen LogP contribution in [0.4, 0.5) is 0 Å². The molecule has 2 rings (SSSR count). The molecule has 0 radical (unpaired) electrons. The second-order valence-electron chi connectivity index (χ2n) is 4.18. The van der Waals surface area contributed by atoms with Gasteiger partial charge >= 0.3 is 0 Å². The van der Waals surface area contributed by atoms with E-state index in [1.54, 1.807) is 11.3 Å². The van der Waals surface area contributed by atoms with Crippen LogP contribution in [0, 0.1) is 0 Å². The quantitative estimate of drug-likeness (QED) is 0.858. The van der Waals surface area contributed by atoms with Crippen molar-refractivity contribution in [3.63, 3.8) is 0 Å². The molecule has 0 amide bonds. The molecule has 0 unspecified atom stereocenters. The van der Waals surface area contributed by atoms with Crippen molar-refractivity contribution in [2.24, 2.45) is 0 Å². The second kappa shape index (κ2) is 6.24. The molecular weight excluding hydrogens is 246 g/mol. The van der Waals surface area contributed by atoms with Gasteiger partial charge in [-0.05, 0) is 23.1 Å². The maximum atomic E-state index is 3.47. The number of benzene rings is 1. The molecule has 0 aliphatic carbocycles. The first kappa shape index (κ1) is 12.7. The zero-order valence-corrected chi connectivity index (χ0v) is 11.8. The van der Waals surface area contributed by atoms with Gasteiger partial charge in [-0.1, -0.05) is 49.9 Å². The van der Waals surface area contributed by atoms with Crippen LogP contribution in [0.5, 0.6) is 0 Å². The normalized spacial score (nSPS) is 11.0. The van der Waals surface area contributed by atoms with Gasteiger partial charge in [0.15, 0.2) is 0 Å². The Morgan fingerprint density at radius 1 is 1.18 bits per heavy atom. The third-order valence-corrected chi connectivity index (χ3v) is 4.53. The van der Waals surface area contributed by atoms with Crippen LogP contribution in [0.25, 0.3) is 0 Å². The Bertz CT molecular complexity index is 449. The smallest absolute Gasteiger partial charge is 0.0646 e. The molecule has 1 aromatic heterocycles. The molecule has 0 aliphatic rings. The van der Waals surface area contributed by atoms with Gasteiger partial charge in [0.25, 0.3) is 0 Å². The van der Waals surface area contributed by atoms with E-state index < -0.39 is 0 Å². The summed E-state index contributed by atoms with van der Waals surface area (Å²) in [5.74, 6) is 0. The van der Waals surface area contributed by atoms with Crippen molar-refractivity contribution in [3.05, 3.63) is 47.3 Å². The minimum absolute atomic E-state index is 0.523. The molecule has 0 spiro atoms. The molecule has 0 saturated heterocycles.